The molecule has 0 spiro atoms. The van der Waals surface area contributed by atoms with E-state index in [4.69, 9.17) is 14.5 Å². The van der Waals surface area contributed by atoms with Gasteiger partial charge in [-0.25, -0.2) is 4.57 Å². The lowest BCUT2D eigenvalue weighted by molar-refractivity contribution is 0.254. The highest BCUT2D eigenvalue weighted by atomic mass is 31.2. The zero-order chi connectivity index (χ0) is 10.4. The molecule has 0 amide bonds. The first-order chi connectivity index (χ1) is 6.58. The third-order valence-electron chi connectivity index (χ3n) is 1.20. The number of phosphoric ester groups is 1. The molecule has 0 heterocycles. The molecule has 0 bridgehead atoms. The molecule has 1 rings (SSSR count). The minimum Gasteiger partial charge on any atom is -0.462 e. The average molecular weight is 216 g/mol. The molecule has 0 aromatic heterocycles. The van der Waals surface area contributed by atoms with Gasteiger partial charge in [-0.3, -0.25) is 9.79 Å². The van der Waals surface area contributed by atoms with Crippen LogP contribution in [0, 0.1) is 0 Å². The number of hydrogen-bond acceptors (Lipinski definition) is 3. The molecular formula is C8H9O5P. The standard InChI is InChI=1S/C8H9O5P/c9-14(10,11)13-7-6-12-8-4-2-1-3-5-8/h1-7H,(H2,9,10,11). The highest BCUT2D eigenvalue weighted by molar-refractivity contribution is 7.46. The lowest BCUT2D eigenvalue weighted by Gasteiger charge is -2.01. The molecule has 0 saturated carbocycles. The summed E-state index contributed by atoms with van der Waals surface area (Å²) in [5.74, 6) is 0.554. The van der Waals surface area contributed by atoms with Crippen molar-refractivity contribution in [2.24, 2.45) is 0 Å². The van der Waals surface area contributed by atoms with Gasteiger partial charge in [-0.05, 0) is 12.1 Å². The summed E-state index contributed by atoms with van der Waals surface area (Å²) in [4.78, 5) is 16.6. The molecule has 0 saturated heterocycles. The van der Waals surface area contributed by atoms with E-state index in [0.29, 0.717) is 5.75 Å². The van der Waals surface area contributed by atoms with E-state index in [9.17, 15) is 4.57 Å². The summed E-state index contributed by atoms with van der Waals surface area (Å²) in [6.45, 7) is 0. The molecule has 0 aliphatic heterocycles. The molecule has 1 aromatic rings. The lowest BCUT2D eigenvalue weighted by atomic mass is 10.3. The van der Waals surface area contributed by atoms with Crippen molar-refractivity contribution in [2.45, 2.75) is 0 Å². The smallest absolute Gasteiger partial charge is 0.462 e. The first kappa shape index (κ1) is 10.8. The zero-order valence-corrected chi connectivity index (χ0v) is 8.00. The van der Waals surface area contributed by atoms with Crippen molar-refractivity contribution in [3.63, 3.8) is 0 Å². The lowest BCUT2D eigenvalue weighted by Crippen LogP contribution is -1.83. The first-order valence-electron chi connectivity index (χ1n) is 3.68. The van der Waals surface area contributed by atoms with Gasteiger partial charge in [0, 0.05) is 0 Å². The fourth-order valence-corrected chi connectivity index (χ4v) is 0.918. The summed E-state index contributed by atoms with van der Waals surface area (Å²) in [5.41, 5.74) is 0. The second kappa shape index (κ2) is 4.81. The van der Waals surface area contributed by atoms with Crippen LogP contribution in [0.25, 0.3) is 0 Å². The molecule has 0 atom stereocenters. The topological polar surface area (TPSA) is 76.0 Å². The highest BCUT2D eigenvalue weighted by Gasteiger charge is 2.11. The predicted octanol–water partition coefficient (Wildman–Crippen LogP) is 1.65. The van der Waals surface area contributed by atoms with Crippen LogP contribution in [0.3, 0.4) is 0 Å². The van der Waals surface area contributed by atoms with E-state index in [2.05, 4.69) is 4.52 Å². The van der Waals surface area contributed by atoms with Crippen LogP contribution in [-0.2, 0) is 9.09 Å². The van der Waals surface area contributed by atoms with Gasteiger partial charge in [0.2, 0.25) is 0 Å². The van der Waals surface area contributed by atoms with Crippen LogP contribution in [-0.4, -0.2) is 9.79 Å². The minimum atomic E-state index is -4.45. The average Bonchev–Trinajstić information content (AvgIpc) is 2.13. The van der Waals surface area contributed by atoms with E-state index in [-0.39, 0.29) is 0 Å². The summed E-state index contributed by atoms with van der Waals surface area (Å²) < 4.78 is 19.2. The number of para-hydroxylation sites is 1. The third kappa shape index (κ3) is 4.67. The Kier molecular flexibility index (Phi) is 3.71. The SMILES string of the molecule is O=P(O)(O)OC=COc1ccccc1. The van der Waals surface area contributed by atoms with Crippen molar-refractivity contribution < 1.29 is 23.6 Å². The largest absolute Gasteiger partial charge is 0.524 e. The van der Waals surface area contributed by atoms with E-state index < -0.39 is 7.82 Å². The molecule has 14 heavy (non-hydrogen) atoms. The van der Waals surface area contributed by atoms with Gasteiger partial charge in [-0.2, -0.15) is 0 Å². The Bertz CT molecular complexity index is 342. The van der Waals surface area contributed by atoms with Crippen LogP contribution in [0.2, 0.25) is 0 Å². The number of benzene rings is 1. The Labute approximate surface area is 80.8 Å². The quantitative estimate of drug-likeness (QED) is 0.591. The fourth-order valence-electron chi connectivity index (χ4n) is 0.710. The molecule has 0 radical (unpaired) electrons. The van der Waals surface area contributed by atoms with Crippen LogP contribution in [0.4, 0.5) is 0 Å². The maximum absolute atomic E-state index is 10.2. The molecular weight excluding hydrogens is 207 g/mol. The van der Waals surface area contributed by atoms with Gasteiger partial charge in [-0.1, -0.05) is 18.2 Å². The summed E-state index contributed by atoms with van der Waals surface area (Å²) in [5, 5.41) is 0. The summed E-state index contributed by atoms with van der Waals surface area (Å²) in [7, 11) is -4.45. The van der Waals surface area contributed by atoms with Gasteiger partial charge in [0.25, 0.3) is 0 Å². The second-order valence-corrected chi connectivity index (χ2v) is 3.49. The van der Waals surface area contributed by atoms with Gasteiger partial charge in [0.15, 0.2) is 0 Å². The Morgan fingerprint density at radius 1 is 1.14 bits per heavy atom. The molecule has 0 aliphatic carbocycles. The Morgan fingerprint density at radius 2 is 1.79 bits per heavy atom. The van der Waals surface area contributed by atoms with Crippen LogP contribution < -0.4 is 4.74 Å². The Hall–Kier alpha value is -1.29. The van der Waals surface area contributed by atoms with Crippen molar-refractivity contribution in [1.82, 2.24) is 0 Å². The van der Waals surface area contributed by atoms with Crippen LogP contribution >= 0.6 is 7.82 Å². The molecule has 1 aromatic carbocycles. The number of phosphoric acid groups is 1. The van der Waals surface area contributed by atoms with Crippen molar-refractivity contribution in [2.75, 3.05) is 0 Å². The van der Waals surface area contributed by atoms with Gasteiger partial charge < -0.3 is 9.26 Å². The monoisotopic (exact) mass is 216 g/mol. The van der Waals surface area contributed by atoms with Crippen molar-refractivity contribution in [3.05, 3.63) is 42.9 Å². The van der Waals surface area contributed by atoms with Gasteiger partial charge in [0.05, 0.1) is 0 Å². The Balaban J connectivity index is 2.38. The molecule has 6 heteroatoms. The van der Waals surface area contributed by atoms with Gasteiger partial charge >= 0.3 is 7.82 Å². The molecule has 0 unspecified atom stereocenters. The van der Waals surface area contributed by atoms with Crippen LogP contribution in [0.5, 0.6) is 5.75 Å². The summed E-state index contributed by atoms with van der Waals surface area (Å²) >= 11 is 0. The maximum atomic E-state index is 10.2. The predicted molar refractivity (Wildman–Crippen MR) is 49.3 cm³/mol. The molecule has 76 valence electrons. The summed E-state index contributed by atoms with van der Waals surface area (Å²) in [6, 6.07) is 8.76. The molecule has 0 aliphatic rings. The second-order valence-electron chi connectivity index (χ2n) is 2.30. The van der Waals surface area contributed by atoms with E-state index in [1.165, 1.54) is 0 Å². The van der Waals surface area contributed by atoms with E-state index >= 15 is 0 Å². The maximum Gasteiger partial charge on any atom is 0.524 e. The van der Waals surface area contributed by atoms with Crippen LogP contribution in [0.15, 0.2) is 42.9 Å². The number of rotatable bonds is 4. The highest BCUT2D eigenvalue weighted by Crippen LogP contribution is 2.35. The van der Waals surface area contributed by atoms with E-state index in [1.807, 2.05) is 6.07 Å². The number of hydrogen-bond donors (Lipinski definition) is 2. The van der Waals surface area contributed by atoms with Crippen LogP contribution in [0.1, 0.15) is 0 Å². The fraction of sp³-hybridized carbons (Fsp3) is 0. The Morgan fingerprint density at radius 3 is 2.36 bits per heavy atom. The van der Waals surface area contributed by atoms with Gasteiger partial charge in [0.1, 0.15) is 18.3 Å². The van der Waals surface area contributed by atoms with E-state index in [0.717, 1.165) is 12.5 Å². The third-order valence-corrected chi connectivity index (χ3v) is 1.60. The summed E-state index contributed by atoms with van der Waals surface area (Å²) in [6.07, 6.45) is 1.85. The molecule has 5 nitrogen and oxygen atoms in total. The zero-order valence-electron chi connectivity index (χ0n) is 7.11. The van der Waals surface area contributed by atoms with E-state index in [1.54, 1.807) is 24.3 Å². The van der Waals surface area contributed by atoms with Crippen molar-refractivity contribution in [3.8, 4) is 5.75 Å². The van der Waals surface area contributed by atoms with Crippen molar-refractivity contribution in [1.29, 1.82) is 0 Å². The van der Waals surface area contributed by atoms with Gasteiger partial charge in [-0.15, -0.1) is 0 Å². The normalized spacial score (nSPS) is 11.6. The number of ether oxygens (including phenoxy) is 1. The van der Waals surface area contributed by atoms with Crippen molar-refractivity contribution >= 4 is 7.82 Å². The molecule has 0 fully saturated rings. The molecule has 2 N–H and O–H groups in total. The first-order valence-corrected chi connectivity index (χ1v) is 5.21. The minimum absolute atomic E-state index is 0.554.